The van der Waals surface area contributed by atoms with E-state index in [4.69, 9.17) is 4.74 Å². The van der Waals surface area contributed by atoms with Crippen LogP contribution in [0.1, 0.15) is 19.8 Å². The van der Waals surface area contributed by atoms with Gasteiger partial charge in [0, 0.05) is 29.4 Å². The molecule has 3 heterocycles. The molecule has 0 aliphatic carbocycles. The predicted octanol–water partition coefficient (Wildman–Crippen LogP) is 3.59. The van der Waals surface area contributed by atoms with Crippen LogP contribution in [0, 0.1) is 0 Å². The largest absolute Gasteiger partial charge is 0.534 e. The van der Waals surface area contributed by atoms with Crippen LogP contribution in [-0.2, 0) is 10.1 Å². The summed E-state index contributed by atoms with van der Waals surface area (Å²) in [6.07, 6.45) is 5.70. The summed E-state index contributed by atoms with van der Waals surface area (Å²) in [4.78, 5) is 12.0. The van der Waals surface area contributed by atoms with E-state index in [1.54, 1.807) is 0 Å². The Morgan fingerprint density at radius 1 is 1.11 bits per heavy atom. The van der Waals surface area contributed by atoms with Crippen molar-refractivity contribution in [3.63, 3.8) is 0 Å². The van der Waals surface area contributed by atoms with Crippen LogP contribution < -0.4 is 8.92 Å². The van der Waals surface area contributed by atoms with Gasteiger partial charge in [0.25, 0.3) is 0 Å². The van der Waals surface area contributed by atoms with Gasteiger partial charge < -0.3 is 8.92 Å². The van der Waals surface area contributed by atoms with Gasteiger partial charge in [-0.1, -0.05) is 13.3 Å². The zero-order chi connectivity index (χ0) is 19.7. The fraction of sp³-hybridized carbons (Fsp3) is 0.312. The Hall–Kier alpha value is -2.69. The van der Waals surface area contributed by atoms with Crippen molar-refractivity contribution in [1.82, 2.24) is 15.0 Å². The first-order valence-electron chi connectivity index (χ1n) is 7.90. The van der Waals surface area contributed by atoms with E-state index in [-0.39, 0.29) is 16.8 Å². The van der Waals surface area contributed by atoms with E-state index in [1.165, 1.54) is 30.7 Å². The lowest BCUT2D eigenvalue weighted by Gasteiger charge is -2.13. The van der Waals surface area contributed by atoms with Crippen molar-refractivity contribution in [3.8, 4) is 11.8 Å². The molecule has 3 aromatic rings. The number of rotatable bonds is 6. The highest BCUT2D eigenvalue weighted by atomic mass is 32.2. The van der Waals surface area contributed by atoms with Crippen LogP contribution in [0.2, 0.25) is 0 Å². The van der Waals surface area contributed by atoms with Gasteiger partial charge in [-0.15, -0.1) is 0 Å². The Morgan fingerprint density at radius 3 is 2.59 bits per heavy atom. The molecule has 27 heavy (non-hydrogen) atoms. The highest BCUT2D eigenvalue weighted by molar-refractivity contribution is 7.88. The fourth-order valence-corrected chi connectivity index (χ4v) is 2.80. The summed E-state index contributed by atoms with van der Waals surface area (Å²) in [7, 11) is -5.87. The van der Waals surface area contributed by atoms with E-state index in [2.05, 4.69) is 19.1 Å². The van der Waals surface area contributed by atoms with Gasteiger partial charge in [-0.3, -0.25) is 4.98 Å². The molecule has 0 amide bonds. The van der Waals surface area contributed by atoms with Gasteiger partial charge in [0.15, 0.2) is 0 Å². The molecule has 0 N–H and O–H groups in total. The minimum atomic E-state index is -5.87. The number of aromatic nitrogens is 3. The Morgan fingerprint density at radius 2 is 1.89 bits per heavy atom. The molecule has 0 unspecified atom stereocenters. The maximum absolute atomic E-state index is 12.7. The van der Waals surface area contributed by atoms with E-state index < -0.39 is 21.5 Å². The first-order chi connectivity index (χ1) is 12.7. The van der Waals surface area contributed by atoms with Gasteiger partial charge in [0.1, 0.15) is 0 Å². The van der Waals surface area contributed by atoms with Crippen LogP contribution in [0.4, 0.5) is 13.2 Å². The average Bonchev–Trinajstić information content (AvgIpc) is 2.61. The molecule has 3 rings (SSSR count). The lowest BCUT2D eigenvalue weighted by Crippen LogP contribution is -2.28. The Bertz CT molecular complexity index is 1090. The molecule has 0 aliphatic heterocycles. The number of hydrogen-bond acceptors (Lipinski definition) is 7. The molecule has 11 heteroatoms. The van der Waals surface area contributed by atoms with Gasteiger partial charge in [-0.25, -0.2) is 9.97 Å². The molecule has 0 saturated heterocycles. The first kappa shape index (κ1) is 19.1. The standard InChI is InChI=1S/C16H14F3N3O4S/c1-2-3-8-25-15-13-11-9-20-6-4-10(11)14(22-12(13)5-7-21-15)26-27(23,24)16(17,18)19/h4-7,9H,2-3,8H2,1H3. The summed E-state index contributed by atoms with van der Waals surface area (Å²) < 4.78 is 70.8. The number of unbranched alkanes of at least 4 members (excludes halogenated alkanes) is 1. The number of fused-ring (bicyclic) bond motifs is 3. The van der Waals surface area contributed by atoms with E-state index in [9.17, 15) is 21.6 Å². The summed E-state index contributed by atoms with van der Waals surface area (Å²) in [5.41, 5.74) is -5.40. The smallest absolute Gasteiger partial charge is 0.477 e. The average molecular weight is 401 g/mol. The first-order valence-corrected chi connectivity index (χ1v) is 9.31. The lowest BCUT2D eigenvalue weighted by atomic mass is 10.1. The van der Waals surface area contributed by atoms with Gasteiger partial charge in [0.05, 0.1) is 17.5 Å². The lowest BCUT2D eigenvalue weighted by molar-refractivity contribution is -0.0500. The van der Waals surface area contributed by atoms with E-state index in [0.29, 0.717) is 17.4 Å². The Balaban J connectivity index is 2.20. The predicted molar refractivity (Wildman–Crippen MR) is 90.8 cm³/mol. The maximum atomic E-state index is 12.7. The minimum absolute atomic E-state index is 0.0404. The number of nitrogens with zero attached hydrogens (tertiary/aromatic N) is 3. The molecule has 0 spiro atoms. The quantitative estimate of drug-likeness (QED) is 0.270. The van der Waals surface area contributed by atoms with Crippen LogP contribution in [0.3, 0.4) is 0 Å². The van der Waals surface area contributed by atoms with Crippen molar-refractivity contribution in [2.24, 2.45) is 0 Å². The molecular formula is C16H14F3N3O4S. The Labute approximate surface area is 152 Å². The van der Waals surface area contributed by atoms with Gasteiger partial charge in [-0.2, -0.15) is 21.6 Å². The fourth-order valence-electron chi connectivity index (χ4n) is 2.37. The van der Waals surface area contributed by atoms with Crippen LogP contribution in [0.25, 0.3) is 21.7 Å². The topological polar surface area (TPSA) is 91.3 Å². The molecule has 7 nitrogen and oxygen atoms in total. The Kier molecular flexibility index (Phi) is 5.05. The minimum Gasteiger partial charge on any atom is -0.477 e. The molecule has 0 atom stereocenters. The summed E-state index contributed by atoms with van der Waals surface area (Å²) in [5.74, 6) is -0.459. The number of pyridine rings is 3. The van der Waals surface area contributed by atoms with Crippen molar-refractivity contribution >= 4 is 31.8 Å². The van der Waals surface area contributed by atoms with Crippen molar-refractivity contribution in [3.05, 3.63) is 30.7 Å². The number of alkyl halides is 3. The zero-order valence-corrected chi connectivity index (χ0v) is 14.8. The third-order valence-electron chi connectivity index (χ3n) is 3.65. The molecule has 0 bridgehead atoms. The highest BCUT2D eigenvalue weighted by Crippen LogP contribution is 2.36. The number of hydrogen-bond donors (Lipinski definition) is 0. The van der Waals surface area contributed by atoms with Crippen LogP contribution >= 0.6 is 0 Å². The van der Waals surface area contributed by atoms with Crippen molar-refractivity contribution in [1.29, 1.82) is 0 Å². The van der Waals surface area contributed by atoms with Crippen LogP contribution in [0.5, 0.6) is 11.8 Å². The molecule has 0 fully saturated rings. The highest BCUT2D eigenvalue weighted by Gasteiger charge is 2.49. The molecule has 0 saturated carbocycles. The van der Waals surface area contributed by atoms with E-state index in [0.717, 1.165) is 12.8 Å². The van der Waals surface area contributed by atoms with E-state index in [1.807, 2.05) is 6.92 Å². The van der Waals surface area contributed by atoms with Gasteiger partial charge in [-0.05, 0) is 18.6 Å². The number of halogens is 3. The SMILES string of the molecule is CCCCOc1nccc2nc(OS(=O)(=O)C(F)(F)F)c3ccncc3c12. The third-order valence-corrected chi connectivity index (χ3v) is 4.59. The van der Waals surface area contributed by atoms with Crippen molar-refractivity contribution in [2.75, 3.05) is 6.61 Å². The van der Waals surface area contributed by atoms with Crippen molar-refractivity contribution < 1.29 is 30.5 Å². The number of ether oxygens (including phenoxy) is 1. The zero-order valence-electron chi connectivity index (χ0n) is 14.0. The molecule has 0 radical (unpaired) electrons. The normalized spacial score (nSPS) is 12.4. The van der Waals surface area contributed by atoms with E-state index >= 15 is 0 Å². The van der Waals surface area contributed by atoms with Gasteiger partial charge in [0.2, 0.25) is 11.8 Å². The van der Waals surface area contributed by atoms with Crippen molar-refractivity contribution in [2.45, 2.75) is 25.3 Å². The maximum Gasteiger partial charge on any atom is 0.534 e. The summed E-state index contributed by atoms with van der Waals surface area (Å²) >= 11 is 0. The van der Waals surface area contributed by atoms with Crippen LogP contribution in [-0.4, -0.2) is 35.5 Å². The summed E-state index contributed by atoms with van der Waals surface area (Å²) in [5, 5.41) is 0.765. The second-order valence-corrected chi connectivity index (χ2v) is 7.07. The third kappa shape index (κ3) is 3.72. The van der Waals surface area contributed by atoms with Crippen LogP contribution in [0.15, 0.2) is 30.7 Å². The van der Waals surface area contributed by atoms with Gasteiger partial charge >= 0.3 is 15.6 Å². The molecule has 144 valence electrons. The summed E-state index contributed by atoms with van der Waals surface area (Å²) in [6, 6.07) is 2.73. The molecule has 0 aromatic carbocycles. The monoisotopic (exact) mass is 401 g/mol. The molecular weight excluding hydrogens is 387 g/mol. The summed E-state index contributed by atoms with van der Waals surface area (Å²) in [6.45, 7) is 2.39. The second kappa shape index (κ2) is 7.14. The molecule has 0 aliphatic rings. The molecule has 3 aromatic heterocycles. The second-order valence-electron chi connectivity index (χ2n) is 5.53.